The molecule has 0 saturated heterocycles. The van der Waals surface area contributed by atoms with Gasteiger partial charge in [0.15, 0.2) is 0 Å². The Morgan fingerprint density at radius 1 is 1.09 bits per heavy atom. The van der Waals surface area contributed by atoms with Crippen LogP contribution in [0.4, 0.5) is 13.2 Å². The molecule has 3 nitrogen and oxygen atoms in total. The minimum Gasteiger partial charge on any atom is -0.508 e. The van der Waals surface area contributed by atoms with E-state index in [1.54, 1.807) is 6.07 Å². The molecule has 22 heavy (non-hydrogen) atoms. The topological polar surface area (TPSA) is 55.5 Å². The van der Waals surface area contributed by atoms with Crippen molar-refractivity contribution in [3.63, 3.8) is 0 Å². The Morgan fingerprint density at radius 2 is 1.68 bits per heavy atom. The number of aromatic hydroxyl groups is 1. The molecule has 0 bridgehead atoms. The van der Waals surface area contributed by atoms with Crippen molar-refractivity contribution in [2.24, 2.45) is 5.73 Å². The molecule has 1 atom stereocenters. The first-order chi connectivity index (χ1) is 10.2. The third-order valence-corrected chi connectivity index (χ3v) is 3.97. The van der Waals surface area contributed by atoms with Gasteiger partial charge in [0.1, 0.15) is 11.5 Å². The minimum atomic E-state index is -4.74. The Kier molecular flexibility index (Phi) is 5.03. The molecule has 0 saturated carbocycles. The molecule has 3 N–H and O–H groups in total. The van der Waals surface area contributed by atoms with Crippen molar-refractivity contribution in [1.82, 2.24) is 0 Å². The fourth-order valence-corrected chi connectivity index (χ4v) is 3.37. The van der Waals surface area contributed by atoms with Crippen molar-refractivity contribution >= 4 is 31.9 Å². The van der Waals surface area contributed by atoms with E-state index in [1.807, 2.05) is 0 Å². The lowest BCUT2D eigenvalue weighted by Gasteiger charge is -2.17. The van der Waals surface area contributed by atoms with Gasteiger partial charge < -0.3 is 15.6 Å². The second kappa shape index (κ2) is 6.47. The zero-order chi connectivity index (χ0) is 16.5. The van der Waals surface area contributed by atoms with Gasteiger partial charge in [-0.1, -0.05) is 44.0 Å². The summed E-state index contributed by atoms with van der Waals surface area (Å²) in [4.78, 5) is 0. The van der Waals surface area contributed by atoms with E-state index >= 15 is 0 Å². The van der Waals surface area contributed by atoms with Gasteiger partial charge in [0.25, 0.3) is 0 Å². The van der Waals surface area contributed by atoms with Gasteiger partial charge in [-0.3, -0.25) is 0 Å². The molecule has 0 heterocycles. The first kappa shape index (κ1) is 17.1. The highest BCUT2D eigenvalue weighted by molar-refractivity contribution is 9.11. The molecule has 2 rings (SSSR count). The summed E-state index contributed by atoms with van der Waals surface area (Å²) in [7, 11) is 0. The Bertz CT molecular complexity index is 652. The average molecular weight is 441 g/mol. The second-order valence-corrected chi connectivity index (χ2v) is 6.18. The quantitative estimate of drug-likeness (QED) is 0.716. The molecule has 0 fully saturated rings. The standard InChI is InChI=1S/C14H10Br2F3NO2/c15-8-5-10(16)12(11(21)6-8)13(20)7-1-3-9(4-2-7)22-14(17,18)19/h1-6,13,21H,20H2/t13-/m1/s1. The summed E-state index contributed by atoms with van der Waals surface area (Å²) in [6.07, 6.45) is -4.74. The Labute approximate surface area is 141 Å². The third kappa shape index (κ3) is 4.15. The summed E-state index contributed by atoms with van der Waals surface area (Å²) >= 11 is 6.54. The zero-order valence-electron chi connectivity index (χ0n) is 10.9. The van der Waals surface area contributed by atoms with E-state index in [1.165, 1.54) is 30.3 Å². The van der Waals surface area contributed by atoms with Crippen LogP contribution in [0.5, 0.6) is 11.5 Å². The van der Waals surface area contributed by atoms with E-state index in [2.05, 4.69) is 36.6 Å². The van der Waals surface area contributed by atoms with Gasteiger partial charge in [0.2, 0.25) is 0 Å². The van der Waals surface area contributed by atoms with Gasteiger partial charge in [0, 0.05) is 14.5 Å². The lowest BCUT2D eigenvalue weighted by molar-refractivity contribution is -0.274. The van der Waals surface area contributed by atoms with Crippen LogP contribution in [-0.4, -0.2) is 11.5 Å². The molecular formula is C14H10Br2F3NO2. The van der Waals surface area contributed by atoms with Crippen LogP contribution in [0.2, 0.25) is 0 Å². The van der Waals surface area contributed by atoms with Gasteiger partial charge in [-0.15, -0.1) is 13.2 Å². The smallest absolute Gasteiger partial charge is 0.508 e. The normalized spacial score (nSPS) is 13.0. The number of phenols is 1. The highest BCUT2D eigenvalue weighted by Crippen LogP contribution is 2.37. The van der Waals surface area contributed by atoms with Crippen molar-refractivity contribution in [2.75, 3.05) is 0 Å². The van der Waals surface area contributed by atoms with E-state index in [0.29, 0.717) is 20.1 Å². The van der Waals surface area contributed by atoms with Gasteiger partial charge in [0.05, 0.1) is 6.04 Å². The Hall–Kier alpha value is -1.25. The summed E-state index contributed by atoms with van der Waals surface area (Å²) < 4.78 is 41.4. The van der Waals surface area contributed by atoms with Crippen LogP contribution in [0.3, 0.4) is 0 Å². The van der Waals surface area contributed by atoms with Crippen molar-refractivity contribution in [3.05, 3.63) is 56.5 Å². The fraction of sp³-hybridized carbons (Fsp3) is 0.143. The van der Waals surface area contributed by atoms with Gasteiger partial charge in [-0.25, -0.2) is 0 Å². The molecule has 0 aliphatic heterocycles. The summed E-state index contributed by atoms with van der Waals surface area (Å²) in [5, 5.41) is 10.00. The molecule has 2 aromatic carbocycles. The van der Waals surface area contributed by atoms with Crippen molar-refractivity contribution in [3.8, 4) is 11.5 Å². The highest BCUT2D eigenvalue weighted by Gasteiger charge is 2.31. The van der Waals surface area contributed by atoms with Crippen LogP contribution in [-0.2, 0) is 0 Å². The number of nitrogens with two attached hydrogens (primary N) is 1. The Morgan fingerprint density at radius 3 is 2.18 bits per heavy atom. The maximum atomic E-state index is 12.1. The molecule has 0 aromatic heterocycles. The zero-order valence-corrected chi connectivity index (χ0v) is 14.0. The van der Waals surface area contributed by atoms with Crippen LogP contribution in [0.1, 0.15) is 17.2 Å². The molecule has 0 radical (unpaired) electrons. The number of halogens is 5. The van der Waals surface area contributed by atoms with Gasteiger partial charge in [-0.05, 0) is 29.8 Å². The maximum Gasteiger partial charge on any atom is 0.573 e. The Balaban J connectivity index is 2.29. The maximum absolute atomic E-state index is 12.1. The van der Waals surface area contributed by atoms with Crippen LogP contribution in [0.25, 0.3) is 0 Å². The van der Waals surface area contributed by atoms with E-state index in [9.17, 15) is 18.3 Å². The van der Waals surface area contributed by atoms with E-state index in [-0.39, 0.29) is 11.5 Å². The summed E-state index contributed by atoms with van der Waals surface area (Å²) in [5.41, 5.74) is 7.05. The van der Waals surface area contributed by atoms with Crippen molar-refractivity contribution in [2.45, 2.75) is 12.4 Å². The lowest BCUT2D eigenvalue weighted by Crippen LogP contribution is -2.17. The molecular weight excluding hydrogens is 431 g/mol. The number of ether oxygens (including phenoxy) is 1. The largest absolute Gasteiger partial charge is 0.573 e. The number of rotatable bonds is 3. The van der Waals surface area contributed by atoms with Crippen molar-refractivity contribution in [1.29, 1.82) is 0 Å². The molecule has 0 amide bonds. The van der Waals surface area contributed by atoms with Crippen LogP contribution >= 0.6 is 31.9 Å². The van der Waals surface area contributed by atoms with Crippen LogP contribution < -0.4 is 10.5 Å². The highest BCUT2D eigenvalue weighted by atomic mass is 79.9. The van der Waals surface area contributed by atoms with Gasteiger partial charge in [-0.2, -0.15) is 0 Å². The predicted octanol–water partition coefficient (Wildman–Crippen LogP) is 4.86. The van der Waals surface area contributed by atoms with Gasteiger partial charge >= 0.3 is 6.36 Å². The van der Waals surface area contributed by atoms with E-state index in [4.69, 9.17) is 5.73 Å². The SMILES string of the molecule is N[C@H](c1ccc(OC(F)(F)F)cc1)c1c(O)cc(Br)cc1Br. The average Bonchev–Trinajstić information content (AvgIpc) is 2.36. The number of hydrogen-bond donors (Lipinski definition) is 2. The number of hydrogen-bond acceptors (Lipinski definition) is 3. The number of alkyl halides is 3. The van der Waals surface area contributed by atoms with E-state index < -0.39 is 12.4 Å². The van der Waals surface area contributed by atoms with Crippen molar-refractivity contribution < 1.29 is 23.0 Å². The molecule has 118 valence electrons. The monoisotopic (exact) mass is 439 g/mol. The lowest BCUT2D eigenvalue weighted by atomic mass is 9.99. The first-order valence-corrected chi connectivity index (χ1v) is 7.55. The third-order valence-electron chi connectivity index (χ3n) is 2.86. The second-order valence-electron chi connectivity index (χ2n) is 4.41. The summed E-state index contributed by atoms with van der Waals surface area (Å²) in [6, 6.07) is 7.68. The fourth-order valence-electron chi connectivity index (χ4n) is 1.92. The molecule has 0 aliphatic carbocycles. The summed E-state index contributed by atoms with van der Waals surface area (Å²) in [6.45, 7) is 0. The van der Waals surface area contributed by atoms with E-state index in [0.717, 1.165) is 0 Å². The predicted molar refractivity (Wildman–Crippen MR) is 82.7 cm³/mol. The molecule has 0 spiro atoms. The molecule has 8 heteroatoms. The van der Waals surface area contributed by atoms with Crippen LogP contribution in [0, 0.1) is 0 Å². The number of benzene rings is 2. The molecule has 2 aromatic rings. The first-order valence-electron chi connectivity index (χ1n) is 5.96. The summed E-state index contributed by atoms with van der Waals surface area (Å²) in [5.74, 6) is -0.355. The molecule has 0 aliphatic rings. The molecule has 0 unspecified atom stereocenters. The number of phenolic OH excluding ortho intramolecular Hbond substituents is 1. The van der Waals surface area contributed by atoms with Crippen LogP contribution in [0.15, 0.2) is 45.3 Å². The minimum absolute atomic E-state index is 0.0237.